The zero-order chi connectivity index (χ0) is 13.7. The Labute approximate surface area is 103 Å². The molecular weight excluding hydrogens is 238 g/mol. The molecule has 5 N–H and O–H groups in total. The summed E-state index contributed by atoms with van der Waals surface area (Å²) in [6.45, 7) is 1.35. The van der Waals surface area contributed by atoms with Crippen LogP contribution in [-0.2, 0) is 4.79 Å². The number of carbonyl (C=O) groups excluding carboxylic acids is 2. The van der Waals surface area contributed by atoms with E-state index in [2.05, 4.69) is 10.6 Å². The molecule has 0 heterocycles. The van der Waals surface area contributed by atoms with Crippen LogP contribution in [0.25, 0.3) is 0 Å². The first-order valence-electron chi connectivity index (χ1n) is 5.10. The number of nitrogens with one attached hydrogen (secondary N) is 2. The first kappa shape index (κ1) is 13.5. The van der Waals surface area contributed by atoms with Gasteiger partial charge in [0.2, 0.25) is 5.91 Å². The molecule has 0 aliphatic heterocycles. The van der Waals surface area contributed by atoms with E-state index < -0.39 is 23.9 Å². The number of rotatable bonds is 4. The average Bonchev–Trinajstić information content (AvgIpc) is 2.29. The van der Waals surface area contributed by atoms with E-state index in [9.17, 15) is 14.4 Å². The van der Waals surface area contributed by atoms with Crippen LogP contribution in [0, 0.1) is 0 Å². The highest BCUT2D eigenvalue weighted by atomic mass is 16.4. The van der Waals surface area contributed by atoms with Crippen molar-refractivity contribution < 1.29 is 19.5 Å². The smallest absolute Gasteiger partial charge is 0.325 e. The van der Waals surface area contributed by atoms with Crippen LogP contribution in [0.2, 0.25) is 0 Å². The van der Waals surface area contributed by atoms with Crippen molar-refractivity contribution in [2.24, 2.45) is 5.73 Å². The standard InChI is InChI=1S/C11H13N3O4/c1-6(10(16)17)13-11(18)14-8-4-2-7(3-5-8)9(12)15/h2-6H,1H3,(H2,12,15)(H,16,17)(H2,13,14,18). The lowest BCUT2D eigenvalue weighted by atomic mass is 10.2. The SMILES string of the molecule is CC(NC(=O)Nc1ccc(C(N)=O)cc1)C(=O)O. The van der Waals surface area contributed by atoms with Crippen molar-refractivity contribution in [3.05, 3.63) is 29.8 Å². The molecule has 0 radical (unpaired) electrons. The number of anilines is 1. The summed E-state index contributed by atoms with van der Waals surface area (Å²) in [5, 5.41) is 13.3. The molecule has 3 amide bonds. The maximum Gasteiger partial charge on any atom is 0.325 e. The summed E-state index contributed by atoms with van der Waals surface area (Å²) in [7, 11) is 0. The number of carboxylic acids is 1. The molecule has 0 aromatic heterocycles. The molecule has 1 unspecified atom stereocenters. The second-order valence-electron chi connectivity index (χ2n) is 3.60. The zero-order valence-corrected chi connectivity index (χ0v) is 9.64. The summed E-state index contributed by atoms with van der Waals surface area (Å²) in [5.74, 6) is -1.69. The molecule has 96 valence electrons. The lowest BCUT2D eigenvalue weighted by Crippen LogP contribution is -2.40. The van der Waals surface area contributed by atoms with Gasteiger partial charge in [0.25, 0.3) is 0 Å². The second kappa shape index (κ2) is 5.67. The molecule has 7 nitrogen and oxygen atoms in total. The average molecular weight is 251 g/mol. The van der Waals surface area contributed by atoms with Crippen molar-refractivity contribution >= 4 is 23.6 Å². The van der Waals surface area contributed by atoms with Crippen LogP contribution in [-0.4, -0.2) is 29.1 Å². The van der Waals surface area contributed by atoms with Gasteiger partial charge in [0.05, 0.1) is 0 Å². The molecule has 0 saturated carbocycles. The van der Waals surface area contributed by atoms with E-state index in [0.29, 0.717) is 11.3 Å². The Hall–Kier alpha value is -2.57. The van der Waals surface area contributed by atoms with Crippen molar-refractivity contribution in [1.29, 1.82) is 0 Å². The minimum atomic E-state index is -1.13. The maximum absolute atomic E-state index is 11.4. The maximum atomic E-state index is 11.4. The van der Waals surface area contributed by atoms with Crippen LogP contribution in [0.4, 0.5) is 10.5 Å². The highest BCUT2D eigenvalue weighted by molar-refractivity contribution is 5.95. The Morgan fingerprint density at radius 3 is 2.22 bits per heavy atom. The van der Waals surface area contributed by atoms with Gasteiger partial charge in [0.15, 0.2) is 0 Å². The Morgan fingerprint density at radius 2 is 1.78 bits per heavy atom. The minimum Gasteiger partial charge on any atom is -0.480 e. The number of hydrogen-bond acceptors (Lipinski definition) is 3. The number of amides is 3. The highest BCUT2D eigenvalue weighted by Gasteiger charge is 2.13. The van der Waals surface area contributed by atoms with E-state index in [1.54, 1.807) is 0 Å². The van der Waals surface area contributed by atoms with Gasteiger partial charge in [-0.2, -0.15) is 0 Å². The molecule has 7 heteroatoms. The number of carbonyl (C=O) groups is 3. The van der Waals surface area contributed by atoms with Crippen LogP contribution in [0.3, 0.4) is 0 Å². The molecule has 18 heavy (non-hydrogen) atoms. The number of primary amides is 1. The van der Waals surface area contributed by atoms with Gasteiger partial charge in [-0.15, -0.1) is 0 Å². The number of urea groups is 1. The number of benzene rings is 1. The summed E-state index contributed by atoms with van der Waals surface area (Å²) >= 11 is 0. The van der Waals surface area contributed by atoms with Crippen molar-refractivity contribution in [3.8, 4) is 0 Å². The summed E-state index contributed by atoms with van der Waals surface area (Å²) < 4.78 is 0. The first-order chi connectivity index (χ1) is 8.40. The van der Waals surface area contributed by atoms with Crippen molar-refractivity contribution in [1.82, 2.24) is 5.32 Å². The molecule has 0 bridgehead atoms. The molecule has 1 aromatic carbocycles. The predicted octanol–water partition coefficient (Wildman–Crippen LogP) is 0.380. The number of aliphatic carboxylic acids is 1. The number of hydrogen-bond donors (Lipinski definition) is 4. The molecule has 1 rings (SSSR count). The van der Waals surface area contributed by atoms with Crippen LogP contribution in [0.15, 0.2) is 24.3 Å². The van der Waals surface area contributed by atoms with Gasteiger partial charge in [-0.3, -0.25) is 9.59 Å². The van der Waals surface area contributed by atoms with Crippen LogP contribution < -0.4 is 16.4 Å². The second-order valence-corrected chi connectivity index (χ2v) is 3.60. The molecule has 0 saturated heterocycles. The summed E-state index contributed by atoms with van der Waals surface area (Å²) in [6, 6.07) is 4.26. The molecule has 0 aliphatic rings. The first-order valence-corrected chi connectivity index (χ1v) is 5.10. The van der Waals surface area contributed by atoms with E-state index in [0.717, 1.165) is 0 Å². The molecule has 1 aromatic rings. The lowest BCUT2D eigenvalue weighted by Gasteiger charge is -2.10. The third kappa shape index (κ3) is 3.78. The molecule has 0 spiro atoms. The third-order valence-corrected chi connectivity index (χ3v) is 2.15. The van der Waals surface area contributed by atoms with Crippen LogP contribution in [0.5, 0.6) is 0 Å². The Bertz CT molecular complexity index is 470. The van der Waals surface area contributed by atoms with Gasteiger partial charge in [0, 0.05) is 11.3 Å². The van der Waals surface area contributed by atoms with Gasteiger partial charge < -0.3 is 21.5 Å². The molecule has 0 aliphatic carbocycles. The van der Waals surface area contributed by atoms with Crippen molar-refractivity contribution in [2.75, 3.05) is 5.32 Å². The van der Waals surface area contributed by atoms with Gasteiger partial charge in [-0.1, -0.05) is 0 Å². The van der Waals surface area contributed by atoms with Gasteiger partial charge >= 0.3 is 12.0 Å². The number of carboxylic acid groups (broad SMARTS) is 1. The third-order valence-electron chi connectivity index (χ3n) is 2.15. The van der Waals surface area contributed by atoms with E-state index in [1.165, 1.54) is 31.2 Å². The van der Waals surface area contributed by atoms with E-state index in [1.807, 2.05) is 0 Å². The van der Waals surface area contributed by atoms with Gasteiger partial charge in [-0.05, 0) is 31.2 Å². The normalized spacial score (nSPS) is 11.4. The fraction of sp³-hybridized carbons (Fsp3) is 0.182. The van der Waals surface area contributed by atoms with Crippen molar-refractivity contribution in [2.45, 2.75) is 13.0 Å². The molecule has 1 atom stereocenters. The zero-order valence-electron chi connectivity index (χ0n) is 9.64. The van der Waals surface area contributed by atoms with E-state index in [-0.39, 0.29) is 0 Å². The summed E-state index contributed by atoms with van der Waals surface area (Å²) in [6.07, 6.45) is 0. The molecule has 0 fully saturated rings. The largest absolute Gasteiger partial charge is 0.480 e. The Balaban J connectivity index is 2.60. The molecular formula is C11H13N3O4. The van der Waals surface area contributed by atoms with Crippen LogP contribution in [0.1, 0.15) is 17.3 Å². The highest BCUT2D eigenvalue weighted by Crippen LogP contribution is 2.08. The van der Waals surface area contributed by atoms with Gasteiger partial charge in [0.1, 0.15) is 6.04 Å². The number of nitrogens with two attached hydrogens (primary N) is 1. The fourth-order valence-electron chi connectivity index (χ4n) is 1.14. The Morgan fingerprint density at radius 1 is 1.22 bits per heavy atom. The van der Waals surface area contributed by atoms with Gasteiger partial charge in [-0.25, -0.2) is 4.79 Å². The predicted molar refractivity (Wildman–Crippen MR) is 64.2 cm³/mol. The van der Waals surface area contributed by atoms with Crippen LogP contribution >= 0.6 is 0 Å². The Kier molecular flexibility index (Phi) is 4.25. The fourth-order valence-corrected chi connectivity index (χ4v) is 1.14. The monoisotopic (exact) mass is 251 g/mol. The summed E-state index contributed by atoms with van der Waals surface area (Å²) in [5.41, 5.74) is 5.81. The van der Waals surface area contributed by atoms with Crippen molar-refractivity contribution in [3.63, 3.8) is 0 Å². The van der Waals surface area contributed by atoms with E-state index in [4.69, 9.17) is 10.8 Å². The summed E-state index contributed by atoms with van der Waals surface area (Å²) in [4.78, 5) is 32.7. The minimum absolute atomic E-state index is 0.319. The quantitative estimate of drug-likeness (QED) is 0.617. The lowest BCUT2D eigenvalue weighted by molar-refractivity contribution is -0.138. The topological polar surface area (TPSA) is 122 Å². The van der Waals surface area contributed by atoms with E-state index >= 15 is 0 Å².